The molecule has 20 heavy (non-hydrogen) atoms. The number of hydrogen-bond donors (Lipinski definition) is 3. The van der Waals surface area contributed by atoms with E-state index in [9.17, 15) is 24.5 Å². The monoisotopic (exact) mass is 283 g/mol. The lowest BCUT2D eigenvalue weighted by Gasteiger charge is -2.19. The zero-order chi connectivity index (χ0) is 15.5. The van der Waals surface area contributed by atoms with Crippen LogP contribution in [-0.4, -0.2) is 33.4 Å². The highest BCUT2D eigenvalue weighted by atomic mass is 16.6. The van der Waals surface area contributed by atoms with Gasteiger partial charge in [-0.25, -0.2) is 0 Å². The van der Waals surface area contributed by atoms with Crippen LogP contribution in [0.3, 0.4) is 0 Å². The van der Waals surface area contributed by atoms with Crippen molar-refractivity contribution in [2.45, 2.75) is 13.8 Å². The fourth-order valence-corrected chi connectivity index (χ4v) is 1.22. The quantitative estimate of drug-likeness (QED) is 0.517. The minimum atomic E-state index is -1.22. The van der Waals surface area contributed by atoms with Crippen LogP contribution in [0, 0.1) is 15.5 Å². The van der Waals surface area contributed by atoms with E-state index >= 15 is 0 Å². The maximum Gasteiger partial charge on any atom is 0.310 e. The molecule has 1 rings (SSSR count). The lowest BCUT2D eigenvalue weighted by Crippen LogP contribution is -2.40. The van der Waals surface area contributed by atoms with Gasteiger partial charge in [0.1, 0.15) is 5.56 Å². The summed E-state index contributed by atoms with van der Waals surface area (Å²) in [4.78, 5) is 46.0. The van der Waals surface area contributed by atoms with Gasteiger partial charge >= 0.3 is 5.97 Å². The molecule has 1 aromatic rings. The van der Waals surface area contributed by atoms with Gasteiger partial charge in [0.15, 0.2) is 0 Å². The Bertz CT molecular complexity index is 619. The molecule has 1 amide bonds. The number of carboxylic acids is 1. The van der Waals surface area contributed by atoms with Gasteiger partial charge in [-0.2, -0.15) is 0 Å². The van der Waals surface area contributed by atoms with Crippen LogP contribution in [0.25, 0.3) is 0 Å². The van der Waals surface area contributed by atoms with Crippen molar-refractivity contribution in [2.24, 2.45) is 5.41 Å². The average molecular weight is 283 g/mol. The average Bonchev–Trinajstić information content (AvgIpc) is 2.36. The number of nitro groups is 1. The molecule has 0 saturated heterocycles. The highest BCUT2D eigenvalue weighted by Gasteiger charge is 2.28. The third-order valence-corrected chi connectivity index (χ3v) is 2.61. The molecule has 0 fully saturated rings. The van der Waals surface area contributed by atoms with Gasteiger partial charge in [-0.3, -0.25) is 24.5 Å². The number of carbonyl (C=O) groups excluding carboxylic acids is 1. The number of aliphatic carboxylic acids is 1. The number of rotatable bonds is 5. The lowest BCUT2D eigenvalue weighted by molar-refractivity contribution is -0.385. The van der Waals surface area contributed by atoms with Crippen LogP contribution in [0.2, 0.25) is 0 Å². The van der Waals surface area contributed by atoms with Crippen molar-refractivity contribution < 1.29 is 19.6 Å². The molecule has 0 aliphatic rings. The number of pyridine rings is 1. The minimum absolute atomic E-state index is 0.219. The van der Waals surface area contributed by atoms with E-state index in [1.807, 2.05) is 0 Å². The predicted octanol–water partition coefficient (Wildman–Crippen LogP) is 0.124. The van der Waals surface area contributed by atoms with Crippen molar-refractivity contribution in [1.29, 1.82) is 0 Å². The number of hydrogen-bond acceptors (Lipinski definition) is 5. The van der Waals surface area contributed by atoms with Gasteiger partial charge in [0, 0.05) is 12.6 Å². The van der Waals surface area contributed by atoms with Crippen molar-refractivity contribution in [3.63, 3.8) is 0 Å². The summed E-state index contributed by atoms with van der Waals surface area (Å²) < 4.78 is 0. The minimum Gasteiger partial charge on any atom is -0.481 e. The summed E-state index contributed by atoms with van der Waals surface area (Å²) in [6, 6.07) is 0.835. The van der Waals surface area contributed by atoms with Crippen molar-refractivity contribution in [2.75, 3.05) is 6.54 Å². The van der Waals surface area contributed by atoms with E-state index in [1.54, 1.807) is 0 Å². The predicted molar refractivity (Wildman–Crippen MR) is 67.5 cm³/mol. The second-order valence-electron chi connectivity index (χ2n) is 4.73. The van der Waals surface area contributed by atoms with E-state index in [0.717, 1.165) is 12.3 Å². The normalized spacial score (nSPS) is 10.9. The van der Waals surface area contributed by atoms with E-state index in [1.165, 1.54) is 13.8 Å². The zero-order valence-corrected chi connectivity index (χ0v) is 10.8. The number of H-pyrrole nitrogens is 1. The molecule has 108 valence electrons. The van der Waals surface area contributed by atoms with Gasteiger partial charge in [0.05, 0.1) is 16.5 Å². The highest BCUT2D eigenvalue weighted by Crippen LogP contribution is 2.14. The van der Waals surface area contributed by atoms with Crippen LogP contribution >= 0.6 is 0 Å². The number of aromatic amines is 1. The van der Waals surface area contributed by atoms with Crippen molar-refractivity contribution in [3.05, 3.63) is 38.3 Å². The summed E-state index contributed by atoms with van der Waals surface area (Å²) in [6.45, 7) is 2.57. The van der Waals surface area contributed by atoms with Gasteiger partial charge in [-0.15, -0.1) is 0 Å². The summed E-state index contributed by atoms with van der Waals surface area (Å²) in [5, 5.41) is 21.7. The summed E-state index contributed by atoms with van der Waals surface area (Å²) in [5.74, 6) is -1.99. The Hall–Kier alpha value is -2.71. The molecule has 0 aromatic carbocycles. The van der Waals surface area contributed by atoms with Gasteiger partial charge in [-0.05, 0) is 13.8 Å². The molecule has 0 saturated carbocycles. The summed E-state index contributed by atoms with van der Waals surface area (Å²) in [6.07, 6.45) is 0.875. The van der Waals surface area contributed by atoms with Gasteiger partial charge in [-0.1, -0.05) is 0 Å². The van der Waals surface area contributed by atoms with Crippen LogP contribution in [0.4, 0.5) is 5.69 Å². The third-order valence-electron chi connectivity index (χ3n) is 2.61. The van der Waals surface area contributed by atoms with Crippen molar-refractivity contribution >= 4 is 17.6 Å². The number of aromatic nitrogens is 1. The number of amides is 1. The first-order chi connectivity index (χ1) is 9.15. The smallest absolute Gasteiger partial charge is 0.310 e. The van der Waals surface area contributed by atoms with Gasteiger partial charge < -0.3 is 15.4 Å². The molecule has 0 aliphatic carbocycles. The van der Waals surface area contributed by atoms with Gasteiger partial charge in [0.25, 0.3) is 17.2 Å². The summed E-state index contributed by atoms with van der Waals surface area (Å²) in [7, 11) is 0. The Balaban J connectivity index is 2.93. The number of carbonyl (C=O) groups is 2. The van der Waals surface area contributed by atoms with Crippen LogP contribution in [0.1, 0.15) is 24.2 Å². The Labute approximate surface area is 112 Å². The second kappa shape index (κ2) is 5.51. The first-order valence-electron chi connectivity index (χ1n) is 5.54. The van der Waals surface area contributed by atoms with Crippen LogP contribution in [0.15, 0.2) is 17.1 Å². The zero-order valence-electron chi connectivity index (χ0n) is 10.8. The van der Waals surface area contributed by atoms with Crippen molar-refractivity contribution in [1.82, 2.24) is 10.3 Å². The Morgan fingerprint density at radius 3 is 2.60 bits per heavy atom. The maximum absolute atomic E-state index is 11.8. The molecule has 1 aromatic heterocycles. The first kappa shape index (κ1) is 15.3. The molecule has 9 heteroatoms. The fourth-order valence-electron chi connectivity index (χ4n) is 1.22. The van der Waals surface area contributed by atoms with E-state index in [-0.39, 0.29) is 6.54 Å². The second-order valence-corrected chi connectivity index (χ2v) is 4.73. The van der Waals surface area contributed by atoms with E-state index in [4.69, 9.17) is 5.11 Å². The SMILES string of the molecule is CC(C)(CNC(=O)c1cc([N+](=O)[O-])c[nH]c1=O)C(=O)O. The van der Waals surface area contributed by atoms with Crippen LogP contribution in [-0.2, 0) is 4.79 Å². The lowest BCUT2D eigenvalue weighted by atomic mass is 9.94. The molecule has 3 N–H and O–H groups in total. The molecule has 0 spiro atoms. The van der Waals surface area contributed by atoms with E-state index in [2.05, 4.69) is 10.3 Å². The van der Waals surface area contributed by atoms with Crippen LogP contribution in [0.5, 0.6) is 0 Å². The molecule has 0 radical (unpaired) electrons. The molecular weight excluding hydrogens is 270 g/mol. The third kappa shape index (κ3) is 3.40. The van der Waals surface area contributed by atoms with Crippen LogP contribution < -0.4 is 10.9 Å². The Morgan fingerprint density at radius 2 is 2.10 bits per heavy atom. The largest absolute Gasteiger partial charge is 0.481 e. The number of nitrogens with zero attached hydrogens (tertiary/aromatic N) is 1. The molecule has 0 atom stereocenters. The molecule has 0 unspecified atom stereocenters. The van der Waals surface area contributed by atoms with Crippen molar-refractivity contribution in [3.8, 4) is 0 Å². The standard InChI is InChI=1S/C11H13N3O6/c1-11(2,10(17)18)5-13-9(16)7-3-6(14(19)20)4-12-8(7)15/h3-4H,5H2,1-2H3,(H,12,15)(H,13,16)(H,17,18). The number of carboxylic acid groups (broad SMARTS) is 1. The molecule has 1 heterocycles. The van der Waals surface area contributed by atoms with E-state index < -0.39 is 39.0 Å². The first-order valence-corrected chi connectivity index (χ1v) is 5.54. The maximum atomic E-state index is 11.8. The van der Waals surface area contributed by atoms with E-state index in [0.29, 0.717) is 0 Å². The topological polar surface area (TPSA) is 142 Å². The Kier molecular flexibility index (Phi) is 4.23. The summed E-state index contributed by atoms with van der Waals surface area (Å²) >= 11 is 0. The highest BCUT2D eigenvalue weighted by molar-refractivity contribution is 5.94. The number of nitrogens with one attached hydrogen (secondary N) is 2. The molecule has 0 bridgehead atoms. The molecule has 0 aliphatic heterocycles. The Morgan fingerprint density at radius 1 is 1.50 bits per heavy atom. The fraction of sp³-hybridized carbons (Fsp3) is 0.364. The van der Waals surface area contributed by atoms with Gasteiger partial charge in [0.2, 0.25) is 0 Å². The molecular formula is C11H13N3O6. The molecule has 9 nitrogen and oxygen atoms in total. The summed E-state index contributed by atoms with van der Waals surface area (Å²) in [5.41, 5.74) is -2.89.